The molecule has 1 aliphatic heterocycles. The van der Waals surface area contributed by atoms with E-state index < -0.39 is 5.92 Å². The Kier molecular flexibility index (Phi) is 6.14. The molecule has 0 saturated carbocycles. The highest BCUT2D eigenvalue weighted by Gasteiger charge is 2.35. The molecule has 0 radical (unpaired) electrons. The molecule has 140 valence electrons. The predicted octanol–water partition coefficient (Wildman–Crippen LogP) is 5.27. The van der Waals surface area contributed by atoms with Crippen LogP contribution in [0, 0.1) is 0 Å². The van der Waals surface area contributed by atoms with E-state index in [0.717, 1.165) is 15.6 Å². The van der Waals surface area contributed by atoms with Crippen molar-refractivity contribution in [3.05, 3.63) is 58.1 Å². The van der Waals surface area contributed by atoms with Crippen LogP contribution < -0.4 is 9.47 Å². The fourth-order valence-corrected chi connectivity index (χ4v) is 3.72. The first-order valence-electron chi connectivity index (χ1n) is 8.61. The van der Waals surface area contributed by atoms with Gasteiger partial charge in [0.1, 0.15) is 6.61 Å². The molecule has 1 saturated heterocycles. The average molecular weight is 426 g/mol. The first-order valence-corrected chi connectivity index (χ1v) is 9.40. The van der Waals surface area contributed by atoms with Crippen LogP contribution in [0.4, 0.5) is 8.78 Å². The Balaban J connectivity index is 1.77. The average Bonchev–Trinajstić information content (AvgIpc) is 2.62. The lowest BCUT2D eigenvalue weighted by Gasteiger charge is -2.32. The van der Waals surface area contributed by atoms with E-state index in [4.69, 9.17) is 9.47 Å². The largest absolute Gasteiger partial charge is 0.493 e. The number of hydrogen-bond donors (Lipinski definition) is 0. The van der Waals surface area contributed by atoms with Gasteiger partial charge in [0.05, 0.1) is 18.1 Å². The van der Waals surface area contributed by atoms with Crippen molar-refractivity contribution in [3.8, 4) is 11.5 Å². The van der Waals surface area contributed by atoms with Gasteiger partial charge in [0, 0.05) is 13.0 Å². The van der Waals surface area contributed by atoms with Crippen LogP contribution in [0.3, 0.4) is 0 Å². The molecule has 0 N–H and O–H groups in total. The smallest absolute Gasteiger partial charge is 0.260 e. The van der Waals surface area contributed by atoms with E-state index in [9.17, 15) is 8.78 Å². The van der Waals surface area contributed by atoms with Gasteiger partial charge in [-0.15, -0.1) is 0 Å². The fraction of sp³-hybridized carbons (Fsp3) is 0.400. The summed E-state index contributed by atoms with van der Waals surface area (Å²) in [7, 11) is 1.59. The van der Waals surface area contributed by atoms with Crippen LogP contribution >= 0.6 is 15.9 Å². The quantitative estimate of drug-likeness (QED) is 0.629. The van der Waals surface area contributed by atoms with Crippen molar-refractivity contribution in [2.45, 2.75) is 31.9 Å². The number of piperidine rings is 1. The highest BCUT2D eigenvalue weighted by Crippen LogP contribution is 2.39. The van der Waals surface area contributed by atoms with E-state index in [1.54, 1.807) is 12.0 Å². The summed E-state index contributed by atoms with van der Waals surface area (Å²) < 4.78 is 39.5. The van der Waals surface area contributed by atoms with Crippen LogP contribution in [0.5, 0.6) is 11.5 Å². The van der Waals surface area contributed by atoms with Crippen molar-refractivity contribution in [2.75, 3.05) is 20.2 Å². The lowest BCUT2D eigenvalue weighted by atomic mass is 10.1. The van der Waals surface area contributed by atoms with Crippen molar-refractivity contribution in [1.82, 2.24) is 4.90 Å². The van der Waals surface area contributed by atoms with Crippen LogP contribution in [0.1, 0.15) is 24.0 Å². The Bertz CT molecular complexity index is 740. The van der Waals surface area contributed by atoms with Gasteiger partial charge in [-0.25, -0.2) is 8.78 Å². The molecule has 0 aliphatic carbocycles. The number of rotatable bonds is 6. The monoisotopic (exact) mass is 425 g/mol. The van der Waals surface area contributed by atoms with Crippen LogP contribution in [0.15, 0.2) is 46.9 Å². The summed E-state index contributed by atoms with van der Waals surface area (Å²) in [5.74, 6) is -1.40. The normalized spacial score (nSPS) is 17.1. The van der Waals surface area contributed by atoms with Crippen molar-refractivity contribution < 1.29 is 18.3 Å². The van der Waals surface area contributed by atoms with Gasteiger partial charge in [0.15, 0.2) is 11.5 Å². The molecule has 1 aliphatic rings. The minimum atomic E-state index is -2.61. The van der Waals surface area contributed by atoms with Crippen LogP contribution in [-0.4, -0.2) is 31.0 Å². The zero-order valence-electron chi connectivity index (χ0n) is 14.7. The molecular weight excluding hydrogens is 404 g/mol. The molecule has 6 heteroatoms. The number of halogens is 3. The van der Waals surface area contributed by atoms with Gasteiger partial charge < -0.3 is 9.47 Å². The number of methoxy groups -OCH3 is 1. The number of ether oxygens (including phenoxy) is 2. The van der Waals surface area contributed by atoms with E-state index >= 15 is 0 Å². The first-order chi connectivity index (χ1) is 12.5. The second-order valence-corrected chi connectivity index (χ2v) is 7.31. The summed E-state index contributed by atoms with van der Waals surface area (Å²) >= 11 is 3.58. The number of likely N-dealkylation sites (tertiary alicyclic amines) is 1. The van der Waals surface area contributed by atoms with E-state index in [1.807, 2.05) is 42.5 Å². The SMILES string of the molecule is COc1ccc(CN2CCCC(F)(F)C2)c(Br)c1OCc1ccccc1. The molecule has 3 nitrogen and oxygen atoms in total. The molecule has 0 aromatic heterocycles. The third-order valence-corrected chi connectivity index (χ3v) is 5.32. The van der Waals surface area contributed by atoms with Crippen LogP contribution in [0.25, 0.3) is 0 Å². The zero-order chi connectivity index (χ0) is 18.6. The Morgan fingerprint density at radius 1 is 1.15 bits per heavy atom. The van der Waals surface area contributed by atoms with Crippen molar-refractivity contribution in [2.24, 2.45) is 0 Å². The number of hydrogen-bond acceptors (Lipinski definition) is 3. The summed E-state index contributed by atoms with van der Waals surface area (Å²) in [6, 6.07) is 13.6. The molecule has 0 atom stereocenters. The van der Waals surface area contributed by atoms with E-state index in [2.05, 4.69) is 15.9 Å². The molecular formula is C20H22BrF2NO2. The van der Waals surface area contributed by atoms with Crippen LogP contribution in [-0.2, 0) is 13.2 Å². The zero-order valence-corrected chi connectivity index (χ0v) is 16.3. The molecule has 2 aromatic rings. The molecule has 0 spiro atoms. The van der Waals surface area contributed by atoms with Gasteiger partial charge in [-0.1, -0.05) is 36.4 Å². The van der Waals surface area contributed by atoms with Gasteiger partial charge in [0.2, 0.25) is 0 Å². The third-order valence-electron chi connectivity index (χ3n) is 4.45. The summed E-state index contributed by atoms with van der Waals surface area (Å²) in [5.41, 5.74) is 1.95. The molecule has 26 heavy (non-hydrogen) atoms. The molecule has 0 unspecified atom stereocenters. The second-order valence-electron chi connectivity index (χ2n) is 6.51. The second kappa shape index (κ2) is 8.35. The maximum absolute atomic E-state index is 13.7. The van der Waals surface area contributed by atoms with Gasteiger partial charge in [-0.05, 0) is 46.1 Å². The maximum atomic E-state index is 13.7. The molecule has 1 heterocycles. The molecule has 0 amide bonds. The lowest BCUT2D eigenvalue weighted by Crippen LogP contribution is -2.42. The Morgan fingerprint density at radius 3 is 2.62 bits per heavy atom. The summed E-state index contributed by atoms with van der Waals surface area (Å²) in [6.07, 6.45) is 0.483. The van der Waals surface area contributed by atoms with Gasteiger partial charge in [0.25, 0.3) is 5.92 Å². The minimum Gasteiger partial charge on any atom is -0.493 e. The minimum absolute atomic E-state index is 0.0290. The first kappa shape index (κ1) is 19.1. The van der Waals surface area contributed by atoms with Gasteiger partial charge in [-0.2, -0.15) is 0 Å². The summed E-state index contributed by atoms with van der Waals surface area (Å²) in [4.78, 5) is 1.79. The standard InChI is InChI=1S/C20H22BrF2NO2/c1-25-17-9-8-16(12-24-11-5-10-20(22,23)14-24)18(21)19(17)26-13-15-6-3-2-4-7-15/h2-4,6-9H,5,10-14H2,1H3. The fourth-order valence-electron chi connectivity index (χ4n) is 3.15. The molecule has 1 fully saturated rings. The molecule has 0 bridgehead atoms. The van der Waals surface area contributed by atoms with Crippen molar-refractivity contribution in [1.29, 1.82) is 0 Å². The van der Waals surface area contributed by atoms with Crippen molar-refractivity contribution in [3.63, 3.8) is 0 Å². The Labute approximate surface area is 161 Å². The number of benzene rings is 2. The highest BCUT2D eigenvalue weighted by molar-refractivity contribution is 9.10. The number of alkyl halides is 2. The predicted molar refractivity (Wildman–Crippen MR) is 101 cm³/mol. The number of nitrogens with zero attached hydrogens (tertiary/aromatic N) is 1. The van der Waals surface area contributed by atoms with E-state index in [0.29, 0.717) is 37.6 Å². The van der Waals surface area contributed by atoms with E-state index in [1.165, 1.54) is 0 Å². The lowest BCUT2D eigenvalue weighted by molar-refractivity contribution is -0.0661. The van der Waals surface area contributed by atoms with Gasteiger partial charge in [-0.3, -0.25) is 4.90 Å². The van der Waals surface area contributed by atoms with Gasteiger partial charge >= 0.3 is 0 Å². The summed E-state index contributed by atoms with van der Waals surface area (Å²) in [6.45, 7) is 1.32. The summed E-state index contributed by atoms with van der Waals surface area (Å²) in [5, 5.41) is 0. The van der Waals surface area contributed by atoms with Crippen LogP contribution in [0.2, 0.25) is 0 Å². The topological polar surface area (TPSA) is 21.7 Å². The van der Waals surface area contributed by atoms with E-state index in [-0.39, 0.29) is 13.0 Å². The van der Waals surface area contributed by atoms with Crippen molar-refractivity contribution >= 4 is 15.9 Å². The molecule has 3 rings (SSSR count). The third kappa shape index (κ3) is 4.74. The highest BCUT2D eigenvalue weighted by atomic mass is 79.9. The Hall–Kier alpha value is -1.66. The molecule has 2 aromatic carbocycles. The Morgan fingerprint density at radius 2 is 1.92 bits per heavy atom. The maximum Gasteiger partial charge on any atom is 0.260 e.